The van der Waals surface area contributed by atoms with Crippen molar-refractivity contribution in [2.45, 2.75) is 16.3 Å². The molecule has 36 heavy (non-hydrogen) atoms. The molecule has 2 heterocycles. The molecule has 5 rings (SSSR count). The number of sulfone groups is 1. The zero-order valence-electron chi connectivity index (χ0n) is 19.8. The highest BCUT2D eigenvalue weighted by Crippen LogP contribution is 2.31. The second-order valence-corrected chi connectivity index (χ2v) is 11.0. The SMILES string of the molecule is COc1cccc(N2CCN(C(=O)Cn3cc(S(=O)(=O)c4ccc(Cl)cc4)c4ccccc43)CC2)c1. The van der Waals surface area contributed by atoms with Gasteiger partial charge in [0.15, 0.2) is 0 Å². The molecule has 1 fully saturated rings. The Morgan fingerprint density at radius 3 is 2.39 bits per heavy atom. The number of benzene rings is 3. The zero-order chi connectivity index (χ0) is 25.3. The average Bonchev–Trinajstić information content (AvgIpc) is 3.28. The van der Waals surface area contributed by atoms with Crippen molar-refractivity contribution in [3.8, 4) is 5.75 Å². The van der Waals surface area contributed by atoms with Gasteiger partial charge in [0.1, 0.15) is 12.3 Å². The number of methoxy groups -OCH3 is 1. The maximum atomic E-state index is 13.4. The molecule has 1 amide bonds. The first kappa shape index (κ1) is 24.2. The number of aromatic nitrogens is 1. The number of carbonyl (C=O) groups excluding carboxylic acids is 1. The van der Waals surface area contributed by atoms with E-state index in [1.165, 1.54) is 12.1 Å². The summed E-state index contributed by atoms with van der Waals surface area (Å²) >= 11 is 5.95. The Labute approximate surface area is 215 Å². The van der Waals surface area contributed by atoms with Crippen LogP contribution in [0.3, 0.4) is 0 Å². The molecule has 0 unspecified atom stereocenters. The van der Waals surface area contributed by atoms with Gasteiger partial charge in [-0.15, -0.1) is 0 Å². The van der Waals surface area contributed by atoms with E-state index in [0.717, 1.165) is 11.4 Å². The van der Waals surface area contributed by atoms with Crippen LogP contribution >= 0.6 is 11.6 Å². The van der Waals surface area contributed by atoms with Crippen LogP contribution in [-0.2, 0) is 21.2 Å². The topological polar surface area (TPSA) is 71.8 Å². The molecular formula is C27H26ClN3O4S. The summed E-state index contributed by atoms with van der Waals surface area (Å²) in [5.74, 6) is 0.756. The van der Waals surface area contributed by atoms with Crippen molar-refractivity contribution in [1.82, 2.24) is 9.47 Å². The van der Waals surface area contributed by atoms with E-state index in [0.29, 0.717) is 42.1 Å². The largest absolute Gasteiger partial charge is 0.497 e. The summed E-state index contributed by atoms with van der Waals surface area (Å²) in [7, 11) is -2.14. The van der Waals surface area contributed by atoms with Crippen molar-refractivity contribution in [1.29, 1.82) is 0 Å². The molecule has 7 nitrogen and oxygen atoms in total. The highest BCUT2D eigenvalue weighted by Gasteiger charge is 2.26. The molecule has 1 aromatic heterocycles. The summed E-state index contributed by atoms with van der Waals surface area (Å²) in [6.07, 6.45) is 1.57. The van der Waals surface area contributed by atoms with Crippen molar-refractivity contribution < 1.29 is 17.9 Å². The molecule has 1 aliphatic heterocycles. The molecular weight excluding hydrogens is 498 g/mol. The van der Waals surface area contributed by atoms with Crippen LogP contribution in [0.1, 0.15) is 0 Å². The molecule has 0 bridgehead atoms. The number of fused-ring (bicyclic) bond motifs is 1. The van der Waals surface area contributed by atoms with Crippen LogP contribution in [0.25, 0.3) is 10.9 Å². The second kappa shape index (κ2) is 9.87. The monoisotopic (exact) mass is 523 g/mol. The Kier molecular flexibility index (Phi) is 6.64. The van der Waals surface area contributed by atoms with Gasteiger partial charge in [-0.05, 0) is 42.5 Å². The molecule has 1 aliphatic rings. The third-order valence-corrected chi connectivity index (χ3v) is 8.57. The van der Waals surface area contributed by atoms with Gasteiger partial charge in [-0.3, -0.25) is 4.79 Å². The minimum Gasteiger partial charge on any atom is -0.497 e. The molecule has 186 valence electrons. The smallest absolute Gasteiger partial charge is 0.242 e. The van der Waals surface area contributed by atoms with Crippen LogP contribution in [0.15, 0.2) is 88.8 Å². The number of halogens is 1. The highest BCUT2D eigenvalue weighted by atomic mass is 35.5. The van der Waals surface area contributed by atoms with Crippen molar-refractivity contribution in [2.24, 2.45) is 0 Å². The molecule has 9 heteroatoms. The predicted octanol–water partition coefficient (Wildman–Crippen LogP) is 4.48. The van der Waals surface area contributed by atoms with Gasteiger partial charge in [-0.2, -0.15) is 0 Å². The third-order valence-electron chi connectivity index (χ3n) is 6.52. The van der Waals surface area contributed by atoms with E-state index in [1.54, 1.807) is 42.1 Å². The molecule has 4 aromatic rings. The Balaban J connectivity index is 1.35. The van der Waals surface area contributed by atoms with E-state index in [-0.39, 0.29) is 22.2 Å². The molecule has 1 saturated heterocycles. The van der Waals surface area contributed by atoms with Gasteiger partial charge in [0, 0.05) is 60.1 Å². The van der Waals surface area contributed by atoms with Gasteiger partial charge in [0.05, 0.1) is 16.9 Å². The average molecular weight is 524 g/mol. The first-order chi connectivity index (χ1) is 17.4. The van der Waals surface area contributed by atoms with Crippen LogP contribution < -0.4 is 9.64 Å². The summed E-state index contributed by atoms with van der Waals surface area (Å²) in [4.78, 5) is 17.6. The highest BCUT2D eigenvalue weighted by molar-refractivity contribution is 7.91. The normalized spacial score (nSPS) is 14.3. The minimum absolute atomic E-state index is 0.0449. The number of hydrogen-bond acceptors (Lipinski definition) is 5. The molecule has 0 saturated carbocycles. The number of ether oxygens (including phenoxy) is 1. The van der Waals surface area contributed by atoms with Gasteiger partial charge in [0.2, 0.25) is 15.7 Å². The van der Waals surface area contributed by atoms with Crippen molar-refractivity contribution in [3.05, 3.63) is 84.0 Å². The quantitative estimate of drug-likeness (QED) is 0.372. The lowest BCUT2D eigenvalue weighted by Gasteiger charge is -2.36. The number of piperazine rings is 1. The fourth-order valence-electron chi connectivity index (χ4n) is 4.57. The van der Waals surface area contributed by atoms with E-state index in [9.17, 15) is 13.2 Å². The summed E-state index contributed by atoms with van der Waals surface area (Å²) < 4.78 is 33.9. The van der Waals surface area contributed by atoms with Crippen LogP contribution in [0.4, 0.5) is 5.69 Å². The summed E-state index contributed by atoms with van der Waals surface area (Å²) in [5.41, 5.74) is 1.77. The number of para-hydroxylation sites is 1. The minimum atomic E-state index is -3.79. The third kappa shape index (κ3) is 4.66. The summed E-state index contributed by atoms with van der Waals surface area (Å²) in [6.45, 7) is 2.66. The van der Waals surface area contributed by atoms with Crippen LogP contribution in [0, 0.1) is 0 Å². The van der Waals surface area contributed by atoms with E-state index in [1.807, 2.05) is 41.3 Å². The van der Waals surface area contributed by atoms with Crippen LogP contribution in [0.2, 0.25) is 5.02 Å². The molecule has 0 spiro atoms. The Morgan fingerprint density at radius 1 is 0.944 bits per heavy atom. The van der Waals surface area contributed by atoms with E-state index < -0.39 is 9.84 Å². The maximum Gasteiger partial charge on any atom is 0.242 e. The Hall–Kier alpha value is -3.49. The number of rotatable bonds is 6. The van der Waals surface area contributed by atoms with Gasteiger partial charge >= 0.3 is 0 Å². The maximum absolute atomic E-state index is 13.4. The van der Waals surface area contributed by atoms with E-state index in [4.69, 9.17) is 16.3 Å². The molecule has 0 N–H and O–H groups in total. The number of nitrogens with zero attached hydrogens (tertiary/aromatic N) is 3. The summed E-state index contributed by atoms with van der Waals surface area (Å²) in [5, 5.41) is 1.05. The Bertz CT molecular complexity index is 1510. The van der Waals surface area contributed by atoms with Crippen molar-refractivity contribution in [3.63, 3.8) is 0 Å². The van der Waals surface area contributed by atoms with E-state index in [2.05, 4.69) is 4.90 Å². The van der Waals surface area contributed by atoms with Crippen LogP contribution in [-0.4, -0.2) is 57.1 Å². The van der Waals surface area contributed by atoms with Crippen molar-refractivity contribution in [2.75, 3.05) is 38.2 Å². The van der Waals surface area contributed by atoms with Crippen LogP contribution in [0.5, 0.6) is 5.75 Å². The molecule has 3 aromatic carbocycles. The first-order valence-electron chi connectivity index (χ1n) is 11.6. The first-order valence-corrected chi connectivity index (χ1v) is 13.5. The molecule has 0 aliphatic carbocycles. The number of amides is 1. The van der Waals surface area contributed by atoms with Gasteiger partial charge in [-0.1, -0.05) is 35.9 Å². The summed E-state index contributed by atoms with van der Waals surface area (Å²) in [6, 6.07) is 21.3. The van der Waals surface area contributed by atoms with Gasteiger partial charge < -0.3 is 19.1 Å². The van der Waals surface area contributed by atoms with E-state index >= 15 is 0 Å². The number of carbonyl (C=O) groups is 1. The number of anilines is 1. The van der Waals surface area contributed by atoms with Gasteiger partial charge in [0.25, 0.3) is 0 Å². The molecule has 0 radical (unpaired) electrons. The number of hydrogen-bond donors (Lipinski definition) is 0. The zero-order valence-corrected chi connectivity index (χ0v) is 21.4. The molecule has 0 atom stereocenters. The lowest BCUT2D eigenvalue weighted by atomic mass is 10.2. The lowest BCUT2D eigenvalue weighted by Crippen LogP contribution is -2.49. The predicted molar refractivity (Wildman–Crippen MR) is 141 cm³/mol. The fraction of sp³-hybridized carbons (Fsp3) is 0.222. The lowest BCUT2D eigenvalue weighted by molar-refractivity contribution is -0.132. The second-order valence-electron chi connectivity index (χ2n) is 8.67. The van der Waals surface area contributed by atoms with Gasteiger partial charge in [-0.25, -0.2) is 8.42 Å². The standard InChI is InChI=1S/C27H26ClN3O4S/c1-35-22-6-4-5-21(17-22)29-13-15-30(16-14-29)27(32)19-31-18-26(24-7-2-3-8-25(24)31)36(33,34)23-11-9-20(28)10-12-23/h2-12,17-18H,13-16,19H2,1H3. The fourth-order valence-corrected chi connectivity index (χ4v) is 6.17. The van der Waals surface area contributed by atoms with Crippen molar-refractivity contribution >= 4 is 43.9 Å². The Morgan fingerprint density at radius 2 is 1.67 bits per heavy atom.